The average Bonchev–Trinajstić information content (AvgIpc) is 3.03. The van der Waals surface area contributed by atoms with Gasteiger partial charge in [0.2, 0.25) is 5.91 Å². The molecule has 0 radical (unpaired) electrons. The van der Waals surface area contributed by atoms with E-state index in [1.54, 1.807) is 18.6 Å². The number of aliphatic hydroxyl groups excluding tert-OH is 1. The number of nitrogens with zero attached hydrogens (tertiary/aromatic N) is 6. The minimum absolute atomic E-state index is 0.105. The third kappa shape index (κ3) is 4.40. The average molecular weight is 344 g/mol. The van der Waals surface area contributed by atoms with E-state index in [0.29, 0.717) is 44.7 Å². The molecule has 1 aliphatic heterocycles. The van der Waals surface area contributed by atoms with Crippen LogP contribution < -0.4 is 0 Å². The van der Waals surface area contributed by atoms with Crippen molar-refractivity contribution in [2.45, 2.75) is 32.0 Å². The van der Waals surface area contributed by atoms with Crippen molar-refractivity contribution in [2.75, 3.05) is 27.2 Å². The highest BCUT2D eigenvalue weighted by Crippen LogP contribution is 2.19. The number of hydrogen-bond donors (Lipinski definition) is 1. The second-order valence-electron chi connectivity index (χ2n) is 6.57. The van der Waals surface area contributed by atoms with E-state index in [1.807, 2.05) is 34.6 Å². The summed E-state index contributed by atoms with van der Waals surface area (Å²) in [5, 5.41) is 14.7. The summed E-state index contributed by atoms with van der Waals surface area (Å²) in [6.45, 7) is 2.34. The fourth-order valence-corrected chi connectivity index (χ4v) is 2.96. The van der Waals surface area contributed by atoms with Crippen LogP contribution in [0.1, 0.15) is 29.6 Å². The number of rotatable bonds is 6. The van der Waals surface area contributed by atoms with Crippen LogP contribution in [0.3, 0.4) is 0 Å². The topological polar surface area (TPSA) is 87.4 Å². The Balaban J connectivity index is 1.59. The highest BCUT2D eigenvalue weighted by atomic mass is 16.3. The molecule has 1 N–H and O–H groups in total. The molecule has 0 aromatic carbocycles. The van der Waals surface area contributed by atoms with Crippen molar-refractivity contribution in [1.29, 1.82) is 0 Å². The summed E-state index contributed by atoms with van der Waals surface area (Å²) in [4.78, 5) is 24.4. The van der Waals surface area contributed by atoms with Gasteiger partial charge in [0, 0.05) is 38.1 Å². The van der Waals surface area contributed by atoms with Gasteiger partial charge in [-0.2, -0.15) is 5.10 Å². The Morgan fingerprint density at radius 3 is 2.92 bits per heavy atom. The lowest BCUT2D eigenvalue weighted by Gasteiger charge is -2.27. The van der Waals surface area contributed by atoms with Gasteiger partial charge in [-0.25, -0.2) is 0 Å². The Morgan fingerprint density at radius 1 is 1.36 bits per heavy atom. The zero-order valence-corrected chi connectivity index (χ0v) is 14.7. The zero-order valence-electron chi connectivity index (χ0n) is 14.7. The minimum atomic E-state index is -0.617. The predicted octanol–water partition coefficient (Wildman–Crippen LogP) is 0.243. The molecule has 25 heavy (non-hydrogen) atoms. The molecule has 0 spiro atoms. The summed E-state index contributed by atoms with van der Waals surface area (Å²) >= 11 is 0. The molecule has 1 amide bonds. The van der Waals surface area contributed by atoms with Crippen LogP contribution in [-0.2, 0) is 24.3 Å². The van der Waals surface area contributed by atoms with Gasteiger partial charge in [0.25, 0.3) is 0 Å². The number of hydrogen-bond acceptors (Lipinski definition) is 6. The van der Waals surface area contributed by atoms with E-state index in [0.717, 1.165) is 11.4 Å². The Bertz CT molecular complexity index is 715. The Morgan fingerprint density at radius 2 is 2.20 bits per heavy atom. The second kappa shape index (κ2) is 7.71. The lowest BCUT2D eigenvalue weighted by Crippen LogP contribution is -2.38. The Labute approximate surface area is 147 Å². The van der Waals surface area contributed by atoms with Gasteiger partial charge in [0.05, 0.1) is 30.2 Å². The van der Waals surface area contributed by atoms with Crippen molar-refractivity contribution in [3.8, 4) is 0 Å². The number of amides is 1. The van der Waals surface area contributed by atoms with Crippen molar-refractivity contribution in [2.24, 2.45) is 0 Å². The molecular formula is C17H24N6O2. The predicted molar refractivity (Wildman–Crippen MR) is 91.5 cm³/mol. The first-order valence-corrected chi connectivity index (χ1v) is 8.45. The van der Waals surface area contributed by atoms with Gasteiger partial charge in [0.1, 0.15) is 6.10 Å². The molecule has 134 valence electrons. The van der Waals surface area contributed by atoms with Crippen molar-refractivity contribution in [3.05, 3.63) is 41.7 Å². The van der Waals surface area contributed by atoms with Gasteiger partial charge in [-0.15, -0.1) is 0 Å². The summed E-state index contributed by atoms with van der Waals surface area (Å²) in [6.07, 6.45) is 5.35. The van der Waals surface area contributed by atoms with E-state index in [2.05, 4.69) is 15.1 Å². The van der Waals surface area contributed by atoms with E-state index < -0.39 is 6.10 Å². The van der Waals surface area contributed by atoms with Crippen molar-refractivity contribution in [3.63, 3.8) is 0 Å². The monoisotopic (exact) mass is 344 g/mol. The molecule has 1 aliphatic rings. The van der Waals surface area contributed by atoms with Crippen LogP contribution in [0.25, 0.3) is 0 Å². The molecule has 0 aliphatic carbocycles. The number of fused-ring (bicyclic) bond motifs is 1. The quantitative estimate of drug-likeness (QED) is 0.808. The third-order valence-corrected chi connectivity index (χ3v) is 4.26. The van der Waals surface area contributed by atoms with Crippen LogP contribution >= 0.6 is 0 Å². The Hall–Kier alpha value is -2.32. The molecule has 1 unspecified atom stereocenters. The minimum Gasteiger partial charge on any atom is -0.385 e. The maximum absolute atomic E-state index is 12.5. The molecule has 2 aromatic rings. The Kier molecular flexibility index (Phi) is 5.40. The second-order valence-corrected chi connectivity index (χ2v) is 6.57. The molecule has 0 saturated heterocycles. The van der Waals surface area contributed by atoms with Gasteiger partial charge in [-0.3, -0.25) is 19.4 Å². The fraction of sp³-hybridized carbons (Fsp3) is 0.529. The lowest BCUT2D eigenvalue weighted by molar-refractivity contribution is -0.132. The van der Waals surface area contributed by atoms with Crippen LogP contribution in [0.4, 0.5) is 0 Å². The molecule has 8 nitrogen and oxygen atoms in total. The lowest BCUT2D eigenvalue weighted by atomic mass is 10.2. The maximum Gasteiger partial charge on any atom is 0.223 e. The van der Waals surface area contributed by atoms with E-state index in [-0.39, 0.29) is 5.91 Å². The van der Waals surface area contributed by atoms with Crippen LogP contribution in [0.15, 0.2) is 24.7 Å². The van der Waals surface area contributed by atoms with Crippen molar-refractivity contribution < 1.29 is 9.90 Å². The summed E-state index contributed by atoms with van der Waals surface area (Å²) in [5.74, 6) is 0.105. The van der Waals surface area contributed by atoms with Gasteiger partial charge < -0.3 is 14.9 Å². The van der Waals surface area contributed by atoms with Crippen LogP contribution in [0.2, 0.25) is 0 Å². The van der Waals surface area contributed by atoms with Gasteiger partial charge in [-0.1, -0.05) is 0 Å². The normalized spacial score (nSPS) is 15.3. The molecule has 8 heteroatoms. The van der Waals surface area contributed by atoms with E-state index in [9.17, 15) is 9.90 Å². The highest BCUT2D eigenvalue weighted by molar-refractivity contribution is 5.76. The zero-order chi connectivity index (χ0) is 17.8. The number of carbonyl (C=O) groups excluding carboxylic acids is 1. The first-order valence-electron chi connectivity index (χ1n) is 8.45. The summed E-state index contributed by atoms with van der Waals surface area (Å²) in [7, 11) is 3.83. The number of aryl methyl sites for hydroxylation is 1. The fourth-order valence-electron chi connectivity index (χ4n) is 2.96. The molecule has 1 atom stereocenters. The number of likely N-dealkylation sites (N-methyl/N-ethyl adjacent to an activating group) is 1. The summed E-state index contributed by atoms with van der Waals surface area (Å²) < 4.78 is 1.89. The molecule has 3 heterocycles. The summed E-state index contributed by atoms with van der Waals surface area (Å²) in [5.41, 5.74) is 2.46. The molecule has 0 saturated carbocycles. The smallest absolute Gasteiger partial charge is 0.223 e. The first kappa shape index (κ1) is 17.5. The van der Waals surface area contributed by atoms with E-state index in [4.69, 9.17) is 0 Å². The van der Waals surface area contributed by atoms with E-state index >= 15 is 0 Å². The van der Waals surface area contributed by atoms with Crippen LogP contribution in [0, 0.1) is 0 Å². The largest absolute Gasteiger partial charge is 0.385 e. The van der Waals surface area contributed by atoms with Crippen LogP contribution in [0.5, 0.6) is 0 Å². The van der Waals surface area contributed by atoms with E-state index in [1.165, 1.54) is 0 Å². The van der Waals surface area contributed by atoms with Gasteiger partial charge in [-0.05, 0) is 26.6 Å². The highest BCUT2D eigenvalue weighted by Gasteiger charge is 2.24. The SMILES string of the molecule is CN(C)CC(O)c1cc2n(n1)CCN(C(=O)CCc1cnccn1)C2. The molecule has 3 rings (SSSR count). The number of carbonyl (C=O) groups is 1. The molecule has 2 aromatic heterocycles. The molecule has 0 fully saturated rings. The van der Waals surface area contributed by atoms with Gasteiger partial charge >= 0.3 is 0 Å². The maximum atomic E-state index is 12.5. The standard InChI is InChI=1S/C17H24N6O2/c1-21(2)12-16(24)15-9-14-11-22(7-8-23(14)20-15)17(25)4-3-13-10-18-5-6-19-13/h5-6,9-10,16,24H,3-4,7-8,11-12H2,1-2H3. The molecule has 0 bridgehead atoms. The van der Waals surface area contributed by atoms with Crippen molar-refractivity contribution >= 4 is 5.91 Å². The first-order chi connectivity index (χ1) is 12.0. The third-order valence-electron chi connectivity index (χ3n) is 4.26. The number of aromatic nitrogens is 4. The van der Waals surface area contributed by atoms with Gasteiger partial charge in [0.15, 0.2) is 0 Å². The molecular weight excluding hydrogens is 320 g/mol. The summed E-state index contributed by atoms with van der Waals surface area (Å²) in [6, 6.07) is 1.90. The number of aliphatic hydroxyl groups is 1. The van der Waals surface area contributed by atoms with Crippen molar-refractivity contribution in [1.82, 2.24) is 29.5 Å². The van der Waals surface area contributed by atoms with Crippen LogP contribution in [-0.4, -0.2) is 67.7 Å².